The van der Waals surface area contributed by atoms with Gasteiger partial charge in [0.2, 0.25) is 5.91 Å². The van der Waals surface area contributed by atoms with Crippen molar-refractivity contribution in [2.75, 3.05) is 5.32 Å². The molecule has 27 heavy (non-hydrogen) atoms. The summed E-state index contributed by atoms with van der Waals surface area (Å²) in [6, 6.07) is 15.9. The molecule has 138 valence electrons. The number of para-hydroxylation sites is 2. The molecular formula is C21H21N3O3. The normalized spacial score (nSPS) is 10.8. The van der Waals surface area contributed by atoms with Crippen LogP contribution in [0.15, 0.2) is 59.4 Å². The van der Waals surface area contributed by atoms with E-state index in [0.717, 1.165) is 10.9 Å². The molecule has 3 rings (SSSR count). The minimum atomic E-state index is -0.361. The van der Waals surface area contributed by atoms with Crippen LogP contribution in [0.25, 0.3) is 10.9 Å². The van der Waals surface area contributed by atoms with Gasteiger partial charge in [-0.25, -0.2) is 0 Å². The van der Waals surface area contributed by atoms with Gasteiger partial charge < -0.3 is 15.6 Å². The Labute approximate surface area is 156 Å². The zero-order valence-corrected chi connectivity index (χ0v) is 15.2. The highest BCUT2D eigenvalue weighted by atomic mass is 16.2. The fourth-order valence-corrected chi connectivity index (χ4v) is 2.82. The molecule has 3 aromatic rings. The minimum Gasteiger partial charge on any atom is -0.350 e. The van der Waals surface area contributed by atoms with Crippen LogP contribution < -0.4 is 16.2 Å². The Morgan fingerprint density at radius 3 is 2.52 bits per heavy atom. The fourth-order valence-electron chi connectivity index (χ4n) is 2.82. The summed E-state index contributed by atoms with van der Waals surface area (Å²) < 4.78 is 0. The summed E-state index contributed by atoms with van der Waals surface area (Å²) in [6.45, 7) is 3.73. The van der Waals surface area contributed by atoms with Crippen molar-refractivity contribution < 1.29 is 9.59 Å². The molecule has 2 amide bonds. The summed E-state index contributed by atoms with van der Waals surface area (Å²) >= 11 is 0. The molecule has 6 heteroatoms. The van der Waals surface area contributed by atoms with E-state index in [1.54, 1.807) is 30.3 Å². The molecule has 0 saturated heterocycles. The predicted molar refractivity (Wildman–Crippen MR) is 106 cm³/mol. The number of aromatic nitrogens is 1. The first-order valence-corrected chi connectivity index (χ1v) is 8.74. The number of nitrogens with one attached hydrogen (secondary N) is 3. The molecule has 0 bridgehead atoms. The molecule has 0 atom stereocenters. The molecule has 0 spiro atoms. The summed E-state index contributed by atoms with van der Waals surface area (Å²) in [5, 5.41) is 6.40. The fraction of sp³-hybridized carbons (Fsp3) is 0.190. The van der Waals surface area contributed by atoms with Crippen molar-refractivity contribution in [3.05, 3.63) is 76.1 Å². The van der Waals surface area contributed by atoms with Gasteiger partial charge in [0.1, 0.15) is 0 Å². The number of anilines is 1. The SMILES string of the molecule is CC(C)NC(=O)c1ccccc1NC(=O)Cc1cc2ccccc2[nH]c1=O. The van der Waals surface area contributed by atoms with Crippen molar-refractivity contribution in [3.8, 4) is 0 Å². The molecule has 6 nitrogen and oxygen atoms in total. The van der Waals surface area contributed by atoms with Gasteiger partial charge in [-0.05, 0) is 43.5 Å². The summed E-state index contributed by atoms with van der Waals surface area (Å²) in [5.74, 6) is -0.620. The lowest BCUT2D eigenvalue weighted by Gasteiger charge is -2.13. The van der Waals surface area contributed by atoms with Crippen LogP contribution in [0.1, 0.15) is 29.8 Å². The van der Waals surface area contributed by atoms with E-state index < -0.39 is 0 Å². The number of carbonyl (C=O) groups excluding carboxylic acids is 2. The number of fused-ring (bicyclic) bond motifs is 1. The van der Waals surface area contributed by atoms with E-state index in [2.05, 4.69) is 15.6 Å². The average Bonchev–Trinajstić information content (AvgIpc) is 2.62. The van der Waals surface area contributed by atoms with E-state index in [0.29, 0.717) is 16.8 Å². The van der Waals surface area contributed by atoms with Crippen molar-refractivity contribution in [1.29, 1.82) is 0 Å². The maximum absolute atomic E-state index is 12.5. The molecule has 0 unspecified atom stereocenters. The largest absolute Gasteiger partial charge is 0.350 e. The van der Waals surface area contributed by atoms with Crippen LogP contribution >= 0.6 is 0 Å². The number of rotatable bonds is 5. The van der Waals surface area contributed by atoms with Crippen LogP contribution in [0.5, 0.6) is 0 Å². The molecule has 0 radical (unpaired) electrons. The Balaban J connectivity index is 1.80. The van der Waals surface area contributed by atoms with Crippen molar-refractivity contribution in [2.45, 2.75) is 26.3 Å². The van der Waals surface area contributed by atoms with E-state index in [9.17, 15) is 14.4 Å². The lowest BCUT2D eigenvalue weighted by Crippen LogP contribution is -2.31. The quantitative estimate of drug-likeness (QED) is 0.651. The maximum Gasteiger partial charge on any atom is 0.253 e. The van der Waals surface area contributed by atoms with Crippen LogP contribution in [0.4, 0.5) is 5.69 Å². The Morgan fingerprint density at radius 1 is 1.04 bits per heavy atom. The van der Waals surface area contributed by atoms with Gasteiger partial charge in [0.05, 0.1) is 17.7 Å². The van der Waals surface area contributed by atoms with Crippen molar-refractivity contribution >= 4 is 28.4 Å². The number of carbonyl (C=O) groups is 2. The number of hydrogen-bond donors (Lipinski definition) is 3. The Morgan fingerprint density at radius 2 is 1.74 bits per heavy atom. The minimum absolute atomic E-state index is 0.0163. The van der Waals surface area contributed by atoms with Crippen LogP contribution in [-0.4, -0.2) is 22.8 Å². The van der Waals surface area contributed by atoms with E-state index in [4.69, 9.17) is 0 Å². The first-order valence-electron chi connectivity index (χ1n) is 8.74. The highest BCUT2D eigenvalue weighted by Crippen LogP contribution is 2.16. The topological polar surface area (TPSA) is 91.1 Å². The third-order valence-corrected chi connectivity index (χ3v) is 4.05. The van der Waals surface area contributed by atoms with E-state index in [1.807, 2.05) is 38.1 Å². The van der Waals surface area contributed by atoms with Crippen molar-refractivity contribution in [3.63, 3.8) is 0 Å². The maximum atomic E-state index is 12.5. The van der Waals surface area contributed by atoms with E-state index in [1.165, 1.54) is 0 Å². The third kappa shape index (κ3) is 4.41. The zero-order valence-electron chi connectivity index (χ0n) is 15.2. The van der Waals surface area contributed by atoms with Gasteiger partial charge in [-0.3, -0.25) is 14.4 Å². The van der Waals surface area contributed by atoms with Gasteiger partial charge in [-0.2, -0.15) is 0 Å². The highest BCUT2D eigenvalue weighted by Gasteiger charge is 2.15. The molecule has 1 aromatic heterocycles. The molecular weight excluding hydrogens is 342 g/mol. The second-order valence-electron chi connectivity index (χ2n) is 6.61. The number of pyridine rings is 1. The summed E-state index contributed by atoms with van der Waals surface area (Å²) in [5.41, 5.74) is 1.59. The Bertz CT molecular complexity index is 1050. The molecule has 0 aliphatic heterocycles. The van der Waals surface area contributed by atoms with Crippen molar-refractivity contribution in [2.24, 2.45) is 0 Å². The standard InChI is InChI=1S/C21H21N3O3/c1-13(2)22-21(27)16-8-4-6-10-18(16)23-19(25)12-15-11-14-7-3-5-9-17(14)24-20(15)26/h3-11,13H,12H2,1-2H3,(H,22,27)(H,23,25)(H,24,26). The van der Waals surface area contributed by atoms with Gasteiger partial charge in [-0.15, -0.1) is 0 Å². The molecule has 1 heterocycles. The van der Waals surface area contributed by atoms with Gasteiger partial charge >= 0.3 is 0 Å². The van der Waals surface area contributed by atoms with E-state index in [-0.39, 0.29) is 29.8 Å². The smallest absolute Gasteiger partial charge is 0.253 e. The summed E-state index contributed by atoms with van der Waals surface area (Å²) in [6.07, 6.45) is -0.0830. The van der Waals surface area contributed by atoms with Gasteiger partial charge in [-0.1, -0.05) is 30.3 Å². The Kier molecular flexibility index (Phi) is 5.35. The number of hydrogen-bond acceptors (Lipinski definition) is 3. The summed E-state index contributed by atoms with van der Waals surface area (Å²) in [7, 11) is 0. The lowest BCUT2D eigenvalue weighted by atomic mass is 10.1. The number of H-pyrrole nitrogens is 1. The monoisotopic (exact) mass is 363 g/mol. The summed E-state index contributed by atoms with van der Waals surface area (Å²) in [4.78, 5) is 39.8. The molecule has 3 N–H and O–H groups in total. The first-order chi connectivity index (χ1) is 12.9. The van der Waals surface area contributed by atoms with Crippen LogP contribution in [-0.2, 0) is 11.2 Å². The first kappa shape index (κ1) is 18.4. The van der Waals surface area contributed by atoms with Crippen molar-refractivity contribution in [1.82, 2.24) is 10.3 Å². The van der Waals surface area contributed by atoms with Crippen LogP contribution in [0.3, 0.4) is 0 Å². The third-order valence-electron chi connectivity index (χ3n) is 4.05. The number of benzene rings is 2. The van der Waals surface area contributed by atoms with Gasteiger partial charge in [0.15, 0.2) is 0 Å². The second-order valence-corrected chi connectivity index (χ2v) is 6.61. The van der Waals surface area contributed by atoms with Crippen LogP contribution in [0.2, 0.25) is 0 Å². The molecule has 0 aliphatic rings. The molecule has 0 saturated carbocycles. The Hall–Kier alpha value is -3.41. The number of amides is 2. The van der Waals surface area contributed by atoms with Crippen LogP contribution in [0, 0.1) is 0 Å². The zero-order chi connectivity index (χ0) is 19.4. The molecule has 2 aromatic carbocycles. The predicted octanol–water partition coefficient (Wildman–Crippen LogP) is 2.85. The lowest BCUT2D eigenvalue weighted by molar-refractivity contribution is -0.115. The molecule has 0 fully saturated rings. The number of aromatic amines is 1. The second kappa shape index (κ2) is 7.86. The van der Waals surface area contributed by atoms with Gasteiger partial charge in [0, 0.05) is 17.1 Å². The molecule has 0 aliphatic carbocycles. The van der Waals surface area contributed by atoms with E-state index >= 15 is 0 Å². The average molecular weight is 363 g/mol. The van der Waals surface area contributed by atoms with Gasteiger partial charge in [0.25, 0.3) is 11.5 Å². The highest BCUT2D eigenvalue weighted by molar-refractivity contribution is 6.04.